The van der Waals surface area contributed by atoms with Crippen LogP contribution in [0, 0.1) is 0 Å². The lowest BCUT2D eigenvalue weighted by atomic mass is 10.0. The summed E-state index contributed by atoms with van der Waals surface area (Å²) in [6.45, 7) is 1.56. The van der Waals surface area contributed by atoms with Gasteiger partial charge in [0.05, 0.1) is 12.8 Å². The fraction of sp³-hybridized carbons (Fsp3) is 0.545. The lowest BCUT2D eigenvalue weighted by Crippen LogP contribution is -2.40. The maximum absolute atomic E-state index is 11.0. The Bertz CT molecular complexity index is 432. The van der Waals surface area contributed by atoms with Crippen LogP contribution in [-0.4, -0.2) is 53.7 Å². The summed E-state index contributed by atoms with van der Waals surface area (Å²) >= 11 is 0. The van der Waals surface area contributed by atoms with E-state index in [9.17, 15) is 4.79 Å². The van der Waals surface area contributed by atoms with Gasteiger partial charge in [0.25, 0.3) is 0 Å². The minimum atomic E-state index is -1.04. The largest absolute Gasteiger partial charge is 0.478 e. The Hall–Kier alpha value is -1.73. The zero-order valence-corrected chi connectivity index (χ0v) is 10.0. The third-order valence-electron chi connectivity index (χ3n) is 3.03. The lowest BCUT2D eigenvalue weighted by molar-refractivity contribution is -0.00628. The van der Waals surface area contributed by atoms with Crippen molar-refractivity contribution in [2.75, 3.05) is 32.2 Å². The Labute approximate surface area is 104 Å². The second kappa shape index (κ2) is 5.28. The SMILES string of the molecule is COC1(CNc2nnccc2C(=O)O)CCOC1. The van der Waals surface area contributed by atoms with E-state index in [1.165, 1.54) is 12.3 Å². The molecule has 18 heavy (non-hydrogen) atoms. The number of nitrogens with one attached hydrogen (secondary N) is 1. The van der Waals surface area contributed by atoms with Gasteiger partial charge in [-0.15, -0.1) is 5.10 Å². The number of ether oxygens (including phenoxy) is 2. The zero-order valence-electron chi connectivity index (χ0n) is 10.0. The van der Waals surface area contributed by atoms with Crippen molar-refractivity contribution in [1.29, 1.82) is 0 Å². The van der Waals surface area contributed by atoms with E-state index in [4.69, 9.17) is 14.6 Å². The molecule has 1 unspecified atom stereocenters. The van der Waals surface area contributed by atoms with E-state index in [0.717, 1.165) is 6.42 Å². The van der Waals surface area contributed by atoms with Crippen molar-refractivity contribution in [2.24, 2.45) is 0 Å². The number of carboxylic acids is 1. The average molecular weight is 253 g/mol. The summed E-state index contributed by atoms with van der Waals surface area (Å²) in [4.78, 5) is 11.0. The van der Waals surface area contributed by atoms with Crippen LogP contribution in [-0.2, 0) is 9.47 Å². The molecule has 0 aliphatic carbocycles. The van der Waals surface area contributed by atoms with Gasteiger partial charge < -0.3 is 19.9 Å². The molecule has 0 saturated carbocycles. The molecule has 1 aromatic rings. The third kappa shape index (κ3) is 2.57. The number of carboxylic acid groups (broad SMARTS) is 1. The summed E-state index contributed by atoms with van der Waals surface area (Å²) in [5.74, 6) is -0.796. The van der Waals surface area contributed by atoms with Crippen molar-refractivity contribution < 1.29 is 19.4 Å². The summed E-state index contributed by atoms with van der Waals surface area (Å²) in [6.07, 6.45) is 2.11. The number of aromatic carboxylic acids is 1. The molecule has 0 amide bonds. The van der Waals surface area contributed by atoms with Gasteiger partial charge in [-0.2, -0.15) is 5.10 Å². The topological polar surface area (TPSA) is 93.6 Å². The second-order valence-electron chi connectivity index (χ2n) is 4.14. The molecule has 0 aromatic carbocycles. The van der Waals surface area contributed by atoms with Crippen LogP contribution in [0.3, 0.4) is 0 Å². The van der Waals surface area contributed by atoms with Gasteiger partial charge in [0.15, 0.2) is 5.82 Å². The fourth-order valence-electron chi connectivity index (χ4n) is 1.84. The summed E-state index contributed by atoms with van der Waals surface area (Å²) in [7, 11) is 1.62. The number of anilines is 1. The molecule has 1 fully saturated rings. The first kappa shape index (κ1) is 12.7. The van der Waals surface area contributed by atoms with E-state index < -0.39 is 11.6 Å². The molecular weight excluding hydrogens is 238 g/mol. The maximum Gasteiger partial charge on any atom is 0.339 e. The number of aromatic nitrogens is 2. The molecule has 2 N–H and O–H groups in total. The summed E-state index contributed by atoms with van der Waals surface area (Å²) in [5, 5.41) is 19.4. The normalized spacial score (nSPS) is 22.9. The summed E-state index contributed by atoms with van der Waals surface area (Å²) in [5.41, 5.74) is -0.331. The van der Waals surface area contributed by atoms with Gasteiger partial charge in [0.2, 0.25) is 0 Å². The predicted octanol–water partition coefficient (Wildman–Crippen LogP) is 0.392. The van der Waals surface area contributed by atoms with Crippen LogP contribution in [0.1, 0.15) is 16.8 Å². The minimum Gasteiger partial charge on any atom is -0.478 e. The van der Waals surface area contributed by atoms with Gasteiger partial charge in [-0.25, -0.2) is 4.79 Å². The Morgan fingerprint density at radius 3 is 3.17 bits per heavy atom. The molecule has 0 bridgehead atoms. The molecule has 1 saturated heterocycles. The van der Waals surface area contributed by atoms with E-state index in [1.54, 1.807) is 7.11 Å². The van der Waals surface area contributed by atoms with Crippen molar-refractivity contribution in [3.8, 4) is 0 Å². The number of carbonyl (C=O) groups is 1. The monoisotopic (exact) mass is 253 g/mol. The van der Waals surface area contributed by atoms with Crippen molar-refractivity contribution in [2.45, 2.75) is 12.0 Å². The first-order valence-corrected chi connectivity index (χ1v) is 5.59. The van der Waals surface area contributed by atoms with Crippen molar-refractivity contribution in [1.82, 2.24) is 10.2 Å². The van der Waals surface area contributed by atoms with Gasteiger partial charge in [-0.3, -0.25) is 0 Å². The van der Waals surface area contributed by atoms with E-state index in [1.807, 2.05) is 0 Å². The second-order valence-corrected chi connectivity index (χ2v) is 4.14. The van der Waals surface area contributed by atoms with Gasteiger partial charge in [-0.1, -0.05) is 0 Å². The zero-order chi connectivity index (χ0) is 13.0. The predicted molar refractivity (Wildman–Crippen MR) is 62.7 cm³/mol. The van der Waals surface area contributed by atoms with Crippen LogP contribution in [0.2, 0.25) is 0 Å². The molecule has 1 aromatic heterocycles. The first-order valence-electron chi connectivity index (χ1n) is 5.59. The highest BCUT2D eigenvalue weighted by molar-refractivity contribution is 5.92. The fourth-order valence-corrected chi connectivity index (χ4v) is 1.84. The van der Waals surface area contributed by atoms with E-state index in [0.29, 0.717) is 19.8 Å². The number of hydrogen-bond donors (Lipinski definition) is 2. The van der Waals surface area contributed by atoms with Gasteiger partial charge >= 0.3 is 5.97 Å². The van der Waals surface area contributed by atoms with E-state index in [-0.39, 0.29) is 11.4 Å². The Morgan fingerprint density at radius 1 is 1.72 bits per heavy atom. The molecule has 7 nitrogen and oxygen atoms in total. The maximum atomic E-state index is 11.0. The van der Waals surface area contributed by atoms with Crippen molar-refractivity contribution >= 4 is 11.8 Å². The Kier molecular flexibility index (Phi) is 3.73. The van der Waals surface area contributed by atoms with Crippen molar-refractivity contribution in [3.05, 3.63) is 17.8 Å². The highest BCUT2D eigenvalue weighted by Gasteiger charge is 2.35. The van der Waals surface area contributed by atoms with Crippen LogP contribution < -0.4 is 5.32 Å². The van der Waals surface area contributed by atoms with Crippen LogP contribution in [0.4, 0.5) is 5.82 Å². The molecule has 1 aliphatic rings. The number of rotatable bonds is 5. The molecule has 1 aliphatic heterocycles. The molecule has 98 valence electrons. The Morgan fingerprint density at radius 2 is 2.56 bits per heavy atom. The van der Waals surface area contributed by atoms with E-state index in [2.05, 4.69) is 15.5 Å². The smallest absolute Gasteiger partial charge is 0.339 e. The highest BCUT2D eigenvalue weighted by Crippen LogP contribution is 2.23. The molecular formula is C11H15N3O4. The molecule has 2 rings (SSSR count). The number of hydrogen-bond acceptors (Lipinski definition) is 6. The van der Waals surface area contributed by atoms with Crippen LogP contribution in [0.5, 0.6) is 0 Å². The molecule has 0 radical (unpaired) electrons. The summed E-state index contributed by atoms with van der Waals surface area (Å²) in [6, 6.07) is 1.41. The van der Waals surface area contributed by atoms with Gasteiger partial charge in [0.1, 0.15) is 11.2 Å². The molecule has 1 atom stereocenters. The average Bonchev–Trinajstić information content (AvgIpc) is 2.86. The van der Waals surface area contributed by atoms with Crippen molar-refractivity contribution in [3.63, 3.8) is 0 Å². The first-order chi connectivity index (χ1) is 8.67. The molecule has 2 heterocycles. The summed E-state index contributed by atoms with van der Waals surface area (Å²) < 4.78 is 10.7. The molecule has 7 heteroatoms. The highest BCUT2D eigenvalue weighted by atomic mass is 16.5. The van der Waals surface area contributed by atoms with Gasteiger partial charge in [0, 0.05) is 26.7 Å². The number of nitrogens with zero attached hydrogens (tertiary/aromatic N) is 2. The van der Waals surface area contributed by atoms with Crippen LogP contribution >= 0.6 is 0 Å². The van der Waals surface area contributed by atoms with Gasteiger partial charge in [-0.05, 0) is 6.07 Å². The third-order valence-corrected chi connectivity index (χ3v) is 3.03. The Balaban J connectivity index is 2.08. The quantitative estimate of drug-likeness (QED) is 0.784. The minimum absolute atomic E-state index is 0.0927. The standard InChI is InChI=1S/C11H15N3O4/c1-17-11(3-5-18-7-11)6-12-9-8(10(15)16)2-4-13-14-9/h2,4H,3,5-7H2,1H3,(H,12,14)(H,15,16). The van der Waals surface area contributed by atoms with E-state index >= 15 is 0 Å². The van der Waals surface area contributed by atoms with Crippen LogP contribution in [0.25, 0.3) is 0 Å². The molecule has 0 spiro atoms. The van der Waals surface area contributed by atoms with Crippen LogP contribution in [0.15, 0.2) is 12.3 Å². The lowest BCUT2D eigenvalue weighted by Gasteiger charge is -2.26. The number of methoxy groups -OCH3 is 1.